The summed E-state index contributed by atoms with van der Waals surface area (Å²) in [6.45, 7) is -0.956. The Hall–Kier alpha value is -1.01. The zero-order chi connectivity index (χ0) is 41.4. The second-order valence-corrected chi connectivity index (χ2v) is 18.4. The van der Waals surface area contributed by atoms with Crippen LogP contribution < -0.4 is 134 Å². The number of sulfone groups is 1. The molecule has 23 nitrogen and oxygen atoms in total. The van der Waals surface area contributed by atoms with Crippen molar-refractivity contribution in [1.82, 2.24) is 15.0 Å². The summed E-state index contributed by atoms with van der Waals surface area (Å²) in [6, 6.07) is 10.4. The molecule has 3 N–H and O–H groups in total. The average molecular weight is 984 g/mol. The molecule has 4 aromatic carbocycles. The molecule has 0 aliphatic heterocycles. The van der Waals surface area contributed by atoms with E-state index in [1.165, 1.54) is 18.2 Å². The van der Waals surface area contributed by atoms with Gasteiger partial charge in [-0.05, 0) is 77.0 Å². The third kappa shape index (κ3) is 15.0. The molecule has 0 radical (unpaired) electrons. The fraction of sp³-hybridized carbons (Fsp3) is 0.0741. The predicted molar refractivity (Wildman–Crippen MR) is 185 cm³/mol. The fourth-order valence-corrected chi connectivity index (χ4v) is 8.13. The van der Waals surface area contributed by atoms with Crippen molar-refractivity contribution in [3.05, 3.63) is 72.0 Å². The normalized spacial score (nSPS) is 12.1. The molecule has 0 aliphatic rings. The van der Waals surface area contributed by atoms with E-state index < -0.39 is 128 Å². The summed E-state index contributed by atoms with van der Waals surface area (Å²) in [4.78, 5) is 8.19. The molecule has 0 unspecified atom stereocenters. The maximum atomic E-state index is 13.9. The number of benzene rings is 4. The molecule has 298 valence electrons. The molecule has 0 aliphatic carbocycles. The molecule has 5 rings (SSSR count). The van der Waals surface area contributed by atoms with Crippen molar-refractivity contribution >= 4 is 108 Å². The van der Waals surface area contributed by atoms with Gasteiger partial charge in [-0.2, -0.15) is 28.5 Å². The van der Waals surface area contributed by atoms with Gasteiger partial charge in [-0.25, -0.2) is 37.9 Å². The molecule has 5 aromatic rings. The maximum Gasteiger partial charge on any atom is 1.00 e. The van der Waals surface area contributed by atoms with E-state index in [4.69, 9.17) is 16.2 Å². The monoisotopic (exact) mass is 983 g/mol. The summed E-state index contributed by atoms with van der Waals surface area (Å²) in [5, 5.41) is 24.3. The molecule has 0 saturated heterocycles. The van der Waals surface area contributed by atoms with Crippen LogP contribution in [0.25, 0.3) is 10.8 Å². The van der Waals surface area contributed by atoms with Gasteiger partial charge in [0.1, 0.15) is 30.4 Å². The van der Waals surface area contributed by atoms with Crippen molar-refractivity contribution in [2.75, 3.05) is 23.0 Å². The molecule has 0 fully saturated rings. The Kier molecular flexibility index (Phi) is 21.1. The van der Waals surface area contributed by atoms with Crippen LogP contribution in [0.15, 0.2) is 96.5 Å². The maximum absolute atomic E-state index is 13.9. The van der Waals surface area contributed by atoms with E-state index in [0.717, 1.165) is 30.3 Å². The number of para-hydroxylation sites is 1. The van der Waals surface area contributed by atoms with Crippen molar-refractivity contribution < 1.29 is 188 Å². The van der Waals surface area contributed by atoms with E-state index in [1.807, 2.05) is 0 Å². The van der Waals surface area contributed by atoms with E-state index in [1.54, 1.807) is 0 Å². The summed E-state index contributed by atoms with van der Waals surface area (Å²) in [5.41, 5.74) is -2.15. The van der Waals surface area contributed by atoms with Gasteiger partial charge in [0.05, 0.1) is 49.0 Å². The SMILES string of the molecule is O=S(=O)(O)OCCS(=O)(=O)c1ccccc1Nc1nc(Cl)nc(Nc2cc(S(=O)(=O)[O-])cc3cc(S(=O)(=O)[O-])c(N=Nc4ccc(S(=O)(=O)[O-])cc4)c([O-])c23)n1.[Na+].[Na+].[Na+].[Na+]. The van der Waals surface area contributed by atoms with Gasteiger partial charge in [0, 0.05) is 5.69 Å². The van der Waals surface area contributed by atoms with Crippen molar-refractivity contribution in [2.45, 2.75) is 19.6 Å². The van der Waals surface area contributed by atoms with E-state index in [2.05, 4.69) is 40.0 Å². The number of nitrogens with one attached hydrogen (secondary N) is 2. The molecule has 33 heteroatoms. The van der Waals surface area contributed by atoms with Gasteiger partial charge in [-0.15, -0.1) is 5.11 Å². The number of hydrogen-bond acceptors (Lipinski definition) is 22. The minimum absolute atomic E-state index is 0. The first kappa shape index (κ1) is 57.0. The van der Waals surface area contributed by atoms with Crippen LogP contribution in [0.1, 0.15) is 0 Å². The number of anilines is 4. The van der Waals surface area contributed by atoms with E-state index in [0.29, 0.717) is 18.2 Å². The van der Waals surface area contributed by atoms with Gasteiger partial charge in [-0.1, -0.05) is 17.9 Å². The molecule has 1 aromatic heterocycles. The standard InChI is InChI=1S/C27H22ClN7O16S5.4Na/c28-25-31-26(29-18-3-1-2-4-20(18)52(37,38)10-9-51-56(48,49)50)33-27(32-25)30-19-13-17(54(42,43)44)11-14-12-21(55(45,46)47)23(24(36)22(14)19)35-34-15-5-7-16(8-6-15)53(39,40)41;;;;/h1-8,11-13,36H,9-10H2,(H,39,40,41)(H,42,43,44)(H,45,46,47)(H,48,49,50)(H2,29,30,31,32,33);;;;/q;4*+1/p-4. The van der Waals surface area contributed by atoms with Gasteiger partial charge in [0.15, 0.2) is 9.84 Å². The van der Waals surface area contributed by atoms with Crippen LogP contribution >= 0.6 is 11.6 Å². The Balaban J connectivity index is 0.00000450. The second kappa shape index (κ2) is 22.3. The van der Waals surface area contributed by atoms with Gasteiger partial charge in [-0.3, -0.25) is 4.55 Å². The van der Waals surface area contributed by atoms with E-state index in [-0.39, 0.29) is 130 Å². The van der Waals surface area contributed by atoms with Crippen molar-refractivity contribution in [3.63, 3.8) is 0 Å². The molecule has 60 heavy (non-hydrogen) atoms. The first-order valence-corrected chi connectivity index (χ1v) is 22.0. The van der Waals surface area contributed by atoms with Crippen LogP contribution in [0.5, 0.6) is 5.75 Å². The van der Waals surface area contributed by atoms with E-state index >= 15 is 0 Å². The van der Waals surface area contributed by atoms with Gasteiger partial charge >= 0.3 is 129 Å². The van der Waals surface area contributed by atoms with Gasteiger partial charge in [0.25, 0.3) is 0 Å². The van der Waals surface area contributed by atoms with Crippen molar-refractivity contribution in [1.29, 1.82) is 0 Å². The summed E-state index contributed by atoms with van der Waals surface area (Å²) in [6.07, 6.45) is 0. The minimum atomic E-state index is -5.58. The zero-order valence-corrected chi connectivity index (χ0v) is 43.8. The number of aromatic nitrogens is 3. The number of fused-ring (bicyclic) bond motifs is 1. The molecule has 0 saturated carbocycles. The first-order chi connectivity index (χ1) is 25.8. The van der Waals surface area contributed by atoms with Crippen molar-refractivity contribution in [3.8, 4) is 5.75 Å². The molecular weight excluding hydrogens is 966 g/mol. The van der Waals surface area contributed by atoms with Gasteiger partial charge in [0.2, 0.25) is 17.2 Å². The third-order valence-corrected chi connectivity index (χ3v) is 11.8. The van der Waals surface area contributed by atoms with Crippen LogP contribution in [0, 0.1) is 0 Å². The Morgan fingerprint density at radius 3 is 1.75 bits per heavy atom. The Morgan fingerprint density at radius 1 is 0.667 bits per heavy atom. The Bertz CT molecular complexity index is 3010. The van der Waals surface area contributed by atoms with Crippen LogP contribution in [-0.4, -0.2) is 87.6 Å². The summed E-state index contributed by atoms with van der Waals surface area (Å²) in [7, 11) is -25.1. The minimum Gasteiger partial charge on any atom is -0.870 e. The molecule has 1 heterocycles. The summed E-state index contributed by atoms with van der Waals surface area (Å²) in [5.74, 6) is -3.40. The van der Waals surface area contributed by atoms with Crippen LogP contribution in [-0.2, 0) is 54.8 Å². The topological polar surface area (TPSA) is 380 Å². The molecular formula is C27H18ClN7Na4O16S5. The van der Waals surface area contributed by atoms with Crippen LogP contribution in [0.4, 0.5) is 34.6 Å². The number of hydrogen-bond donors (Lipinski definition) is 3. The number of azo groups is 1. The van der Waals surface area contributed by atoms with Gasteiger partial charge < -0.3 is 29.4 Å². The number of nitrogens with zero attached hydrogens (tertiary/aromatic N) is 5. The predicted octanol–water partition coefficient (Wildman–Crippen LogP) is -10.0. The fourth-order valence-electron chi connectivity index (χ4n) is 4.66. The molecule has 0 atom stereocenters. The molecule has 0 amide bonds. The Labute approximate surface area is 434 Å². The van der Waals surface area contributed by atoms with E-state index in [9.17, 15) is 60.9 Å². The van der Waals surface area contributed by atoms with Crippen LogP contribution in [0.2, 0.25) is 5.28 Å². The number of rotatable bonds is 14. The van der Waals surface area contributed by atoms with Crippen LogP contribution in [0.3, 0.4) is 0 Å². The average Bonchev–Trinajstić information content (AvgIpc) is 3.05. The quantitative estimate of drug-likeness (QED) is 0.0528. The summed E-state index contributed by atoms with van der Waals surface area (Å²) < 4.78 is 167. The first-order valence-electron chi connectivity index (χ1n) is 14.4. The molecule has 0 spiro atoms. The smallest absolute Gasteiger partial charge is 0.870 e. The largest absolute Gasteiger partial charge is 1.00 e. The number of halogens is 1. The second-order valence-electron chi connectivity index (χ2n) is 10.7. The van der Waals surface area contributed by atoms with Crippen molar-refractivity contribution in [2.24, 2.45) is 10.2 Å². The summed E-state index contributed by atoms with van der Waals surface area (Å²) >= 11 is 6.06. The zero-order valence-electron chi connectivity index (χ0n) is 31.0. The molecule has 0 bridgehead atoms. The third-order valence-electron chi connectivity index (χ3n) is 6.96. The Morgan fingerprint density at radius 2 is 1.22 bits per heavy atom.